The van der Waals surface area contributed by atoms with Crippen LogP contribution in [0.4, 0.5) is 0 Å². The molecular weight excluding hydrogens is 200 g/mol. The minimum atomic E-state index is 0.326. The lowest BCUT2D eigenvalue weighted by atomic mass is 9.99. The van der Waals surface area contributed by atoms with Crippen LogP contribution < -0.4 is 5.32 Å². The molecule has 1 N–H and O–H groups in total. The average Bonchev–Trinajstić information content (AvgIpc) is 2.84. The Morgan fingerprint density at radius 2 is 2.31 bits per heavy atom. The van der Waals surface area contributed by atoms with Crippen LogP contribution in [0.5, 0.6) is 0 Å². The highest BCUT2D eigenvalue weighted by molar-refractivity contribution is 4.94. The first-order valence-corrected chi connectivity index (χ1v) is 6.66. The van der Waals surface area contributed by atoms with Gasteiger partial charge in [0.05, 0.1) is 6.61 Å². The number of nitrogens with zero attached hydrogens (tertiary/aromatic N) is 1. The first-order valence-electron chi connectivity index (χ1n) is 6.66. The maximum absolute atomic E-state index is 5.55. The smallest absolute Gasteiger partial charge is 0.0648 e. The molecule has 2 rings (SSSR count). The van der Waals surface area contributed by atoms with Gasteiger partial charge in [-0.15, -0.1) is 0 Å². The summed E-state index contributed by atoms with van der Waals surface area (Å²) < 4.78 is 5.55. The van der Waals surface area contributed by atoms with Gasteiger partial charge in [-0.3, -0.25) is 4.90 Å². The van der Waals surface area contributed by atoms with Crippen LogP contribution in [0.2, 0.25) is 0 Å². The average molecular weight is 226 g/mol. The molecule has 0 aromatic carbocycles. The zero-order chi connectivity index (χ0) is 11.6. The van der Waals surface area contributed by atoms with E-state index >= 15 is 0 Å². The molecular formula is C13H26N2O. The van der Waals surface area contributed by atoms with Crippen molar-refractivity contribution in [2.45, 2.75) is 45.2 Å². The molecule has 0 spiro atoms. The van der Waals surface area contributed by atoms with E-state index in [1.165, 1.54) is 32.5 Å². The first kappa shape index (κ1) is 12.3. The lowest BCUT2D eigenvalue weighted by Gasteiger charge is -2.34. The van der Waals surface area contributed by atoms with E-state index in [-0.39, 0.29) is 0 Å². The Hall–Kier alpha value is -0.120. The Morgan fingerprint density at radius 1 is 1.50 bits per heavy atom. The topological polar surface area (TPSA) is 24.5 Å². The van der Waals surface area contributed by atoms with Crippen molar-refractivity contribution in [2.75, 3.05) is 32.8 Å². The van der Waals surface area contributed by atoms with Crippen LogP contribution in [0.3, 0.4) is 0 Å². The molecule has 2 atom stereocenters. The van der Waals surface area contributed by atoms with Crippen molar-refractivity contribution in [1.82, 2.24) is 10.2 Å². The number of ether oxygens (including phenoxy) is 1. The van der Waals surface area contributed by atoms with Crippen LogP contribution in [0.15, 0.2) is 0 Å². The number of rotatable bonds is 4. The number of hydrogen-bond acceptors (Lipinski definition) is 3. The Kier molecular flexibility index (Phi) is 3.88. The maximum atomic E-state index is 5.55. The SMILES string of the molecule is CC(C)NCC1CCN(C2(C)CCOC2)C1. The molecule has 0 bridgehead atoms. The Morgan fingerprint density at radius 3 is 2.94 bits per heavy atom. The molecule has 2 heterocycles. The fourth-order valence-corrected chi connectivity index (χ4v) is 2.80. The van der Waals surface area contributed by atoms with E-state index in [0.717, 1.165) is 19.1 Å². The third kappa shape index (κ3) is 2.76. The largest absolute Gasteiger partial charge is 0.379 e. The fourth-order valence-electron chi connectivity index (χ4n) is 2.80. The molecule has 2 unspecified atom stereocenters. The summed E-state index contributed by atoms with van der Waals surface area (Å²) in [5.41, 5.74) is 0.326. The molecule has 2 saturated heterocycles. The minimum Gasteiger partial charge on any atom is -0.379 e. The van der Waals surface area contributed by atoms with E-state index in [4.69, 9.17) is 4.74 Å². The molecule has 0 amide bonds. The molecule has 2 aliphatic rings. The number of likely N-dealkylation sites (tertiary alicyclic amines) is 1. The lowest BCUT2D eigenvalue weighted by molar-refractivity contribution is 0.0968. The summed E-state index contributed by atoms with van der Waals surface area (Å²) in [4.78, 5) is 2.65. The zero-order valence-corrected chi connectivity index (χ0v) is 11.0. The van der Waals surface area contributed by atoms with E-state index in [0.29, 0.717) is 11.6 Å². The van der Waals surface area contributed by atoms with Crippen molar-refractivity contribution in [3.63, 3.8) is 0 Å². The van der Waals surface area contributed by atoms with Crippen LogP contribution in [-0.4, -0.2) is 49.3 Å². The third-order valence-corrected chi connectivity index (χ3v) is 4.06. The predicted octanol–water partition coefficient (Wildman–Crippen LogP) is 1.49. The normalized spacial score (nSPS) is 36.4. The van der Waals surface area contributed by atoms with Crippen molar-refractivity contribution in [3.05, 3.63) is 0 Å². The van der Waals surface area contributed by atoms with Crippen LogP contribution in [0, 0.1) is 5.92 Å². The second-order valence-electron chi connectivity index (χ2n) is 5.96. The van der Waals surface area contributed by atoms with Gasteiger partial charge in [-0.25, -0.2) is 0 Å². The highest BCUT2D eigenvalue weighted by Crippen LogP contribution is 2.30. The van der Waals surface area contributed by atoms with Crippen molar-refractivity contribution in [2.24, 2.45) is 5.92 Å². The van der Waals surface area contributed by atoms with Gasteiger partial charge in [0.25, 0.3) is 0 Å². The maximum Gasteiger partial charge on any atom is 0.0648 e. The highest BCUT2D eigenvalue weighted by atomic mass is 16.5. The second-order valence-corrected chi connectivity index (χ2v) is 5.96. The summed E-state index contributed by atoms with van der Waals surface area (Å²) in [6.45, 7) is 12.4. The Bertz CT molecular complexity index is 224. The predicted molar refractivity (Wildman–Crippen MR) is 66.7 cm³/mol. The van der Waals surface area contributed by atoms with Crippen molar-refractivity contribution >= 4 is 0 Å². The molecule has 2 fully saturated rings. The van der Waals surface area contributed by atoms with Crippen molar-refractivity contribution in [1.29, 1.82) is 0 Å². The first-order chi connectivity index (χ1) is 7.60. The monoisotopic (exact) mass is 226 g/mol. The fraction of sp³-hybridized carbons (Fsp3) is 1.00. The van der Waals surface area contributed by atoms with Gasteiger partial charge >= 0.3 is 0 Å². The van der Waals surface area contributed by atoms with E-state index in [1.807, 2.05) is 0 Å². The van der Waals surface area contributed by atoms with E-state index in [9.17, 15) is 0 Å². The van der Waals surface area contributed by atoms with Gasteiger partial charge in [0.1, 0.15) is 0 Å². The van der Waals surface area contributed by atoms with Crippen LogP contribution in [0.25, 0.3) is 0 Å². The molecule has 0 aliphatic carbocycles. The molecule has 0 radical (unpaired) electrons. The molecule has 3 heteroatoms. The van der Waals surface area contributed by atoms with Gasteiger partial charge in [0.15, 0.2) is 0 Å². The summed E-state index contributed by atoms with van der Waals surface area (Å²) in [5.74, 6) is 0.833. The van der Waals surface area contributed by atoms with Gasteiger partial charge in [0.2, 0.25) is 0 Å². The van der Waals surface area contributed by atoms with Gasteiger partial charge in [0, 0.05) is 24.7 Å². The van der Waals surface area contributed by atoms with Crippen LogP contribution in [-0.2, 0) is 4.74 Å². The van der Waals surface area contributed by atoms with Gasteiger partial charge < -0.3 is 10.1 Å². The van der Waals surface area contributed by atoms with Crippen LogP contribution >= 0.6 is 0 Å². The summed E-state index contributed by atoms with van der Waals surface area (Å²) in [6, 6.07) is 0.611. The quantitative estimate of drug-likeness (QED) is 0.786. The van der Waals surface area contributed by atoms with Crippen molar-refractivity contribution in [3.8, 4) is 0 Å². The molecule has 16 heavy (non-hydrogen) atoms. The van der Waals surface area contributed by atoms with E-state index < -0.39 is 0 Å². The third-order valence-electron chi connectivity index (χ3n) is 4.06. The highest BCUT2D eigenvalue weighted by Gasteiger charge is 2.39. The Labute approximate surface area is 99.5 Å². The van der Waals surface area contributed by atoms with Crippen molar-refractivity contribution < 1.29 is 4.74 Å². The molecule has 0 saturated carbocycles. The number of nitrogens with one attached hydrogen (secondary N) is 1. The van der Waals surface area contributed by atoms with Gasteiger partial charge in [-0.1, -0.05) is 13.8 Å². The van der Waals surface area contributed by atoms with Crippen LogP contribution in [0.1, 0.15) is 33.6 Å². The molecule has 0 aromatic heterocycles. The van der Waals surface area contributed by atoms with E-state index in [2.05, 4.69) is 31.0 Å². The van der Waals surface area contributed by atoms with E-state index in [1.54, 1.807) is 0 Å². The molecule has 3 nitrogen and oxygen atoms in total. The minimum absolute atomic E-state index is 0.326. The zero-order valence-electron chi connectivity index (χ0n) is 11.0. The molecule has 94 valence electrons. The summed E-state index contributed by atoms with van der Waals surface area (Å²) in [5, 5.41) is 3.55. The van der Waals surface area contributed by atoms with Gasteiger partial charge in [-0.05, 0) is 38.8 Å². The van der Waals surface area contributed by atoms with Gasteiger partial charge in [-0.2, -0.15) is 0 Å². The summed E-state index contributed by atoms with van der Waals surface area (Å²) in [6.07, 6.45) is 2.55. The second kappa shape index (κ2) is 5.03. The molecule has 2 aliphatic heterocycles. The molecule has 0 aromatic rings. The number of hydrogen-bond donors (Lipinski definition) is 1. The summed E-state index contributed by atoms with van der Waals surface area (Å²) >= 11 is 0. The lowest BCUT2D eigenvalue weighted by Crippen LogP contribution is -2.46. The Balaban J connectivity index is 1.79. The standard InChI is InChI=1S/C13H26N2O/c1-11(2)14-8-12-4-6-15(9-12)13(3)5-7-16-10-13/h11-12,14H,4-10H2,1-3H3. The summed E-state index contributed by atoms with van der Waals surface area (Å²) in [7, 11) is 0.